The number of rotatable bonds is 5. The number of aliphatic hydroxyl groups is 1. The fourth-order valence-corrected chi connectivity index (χ4v) is 2.83. The van der Waals surface area contributed by atoms with Crippen molar-refractivity contribution in [1.29, 1.82) is 5.26 Å². The predicted molar refractivity (Wildman–Crippen MR) is 64.7 cm³/mol. The molecule has 0 fully saturated rings. The molecule has 8 heteroatoms. The summed E-state index contributed by atoms with van der Waals surface area (Å²) in [6.07, 6.45) is 0. The van der Waals surface area contributed by atoms with Gasteiger partial charge in [-0.25, -0.2) is 8.42 Å². The van der Waals surface area contributed by atoms with Crippen LogP contribution in [0.4, 0.5) is 0 Å². The van der Waals surface area contributed by atoms with Crippen LogP contribution in [0.3, 0.4) is 0 Å². The quantitative estimate of drug-likeness (QED) is 0.674. The fraction of sp³-hybridized carbons (Fsp3) is 0.273. The van der Waals surface area contributed by atoms with Gasteiger partial charge in [0.15, 0.2) is 0 Å². The van der Waals surface area contributed by atoms with E-state index in [1.807, 2.05) is 4.72 Å². The van der Waals surface area contributed by atoms with Crippen molar-refractivity contribution < 1.29 is 23.4 Å². The average Bonchev–Trinajstić information content (AvgIpc) is 2.36. The molecule has 0 bridgehead atoms. The maximum Gasteiger partial charge on any atom is 0.324 e. The number of aliphatic hydroxyl groups excluding tert-OH is 1. The molecule has 3 N–H and O–H groups in total. The molecular formula is C11H12N2O5S. The third kappa shape index (κ3) is 3.51. The zero-order valence-corrected chi connectivity index (χ0v) is 10.8. The van der Waals surface area contributed by atoms with Crippen molar-refractivity contribution in [2.75, 3.05) is 6.61 Å². The summed E-state index contributed by atoms with van der Waals surface area (Å²) < 4.78 is 25.9. The Morgan fingerprint density at radius 2 is 2.16 bits per heavy atom. The molecule has 19 heavy (non-hydrogen) atoms. The number of hydrogen-bond donors (Lipinski definition) is 3. The second-order valence-corrected chi connectivity index (χ2v) is 5.47. The van der Waals surface area contributed by atoms with Crippen LogP contribution in [-0.2, 0) is 14.8 Å². The van der Waals surface area contributed by atoms with Gasteiger partial charge in [0, 0.05) is 0 Å². The first-order chi connectivity index (χ1) is 8.81. The number of aliphatic carboxylic acids is 1. The summed E-state index contributed by atoms with van der Waals surface area (Å²) in [6, 6.07) is 4.22. The Bertz CT molecular complexity index is 633. The number of carbonyl (C=O) groups is 1. The molecule has 0 saturated carbocycles. The van der Waals surface area contributed by atoms with Gasteiger partial charge in [-0.15, -0.1) is 0 Å². The van der Waals surface area contributed by atoms with E-state index in [2.05, 4.69) is 0 Å². The summed E-state index contributed by atoms with van der Waals surface area (Å²) >= 11 is 0. The average molecular weight is 284 g/mol. The largest absolute Gasteiger partial charge is 0.480 e. The molecule has 7 nitrogen and oxygen atoms in total. The first-order valence-electron chi connectivity index (χ1n) is 5.18. The molecule has 0 saturated heterocycles. The molecule has 0 radical (unpaired) electrons. The zero-order valence-electron chi connectivity index (χ0n) is 9.99. The monoisotopic (exact) mass is 284 g/mol. The number of hydrogen-bond acceptors (Lipinski definition) is 5. The zero-order chi connectivity index (χ0) is 14.6. The van der Waals surface area contributed by atoms with Crippen LogP contribution in [0.15, 0.2) is 23.1 Å². The first-order valence-corrected chi connectivity index (χ1v) is 6.67. The standard InChI is InChI=1S/C11H12N2O5S/c1-7-2-3-8(5-12)4-10(7)19(17,18)13-9(6-14)11(15)16/h2-4,9,13-14H,6H2,1H3,(H,15,16). The highest BCUT2D eigenvalue weighted by Gasteiger charge is 2.26. The van der Waals surface area contributed by atoms with Crippen molar-refractivity contribution in [3.05, 3.63) is 29.3 Å². The lowest BCUT2D eigenvalue weighted by atomic mass is 10.2. The molecule has 0 aliphatic rings. The highest BCUT2D eigenvalue weighted by Crippen LogP contribution is 2.17. The van der Waals surface area contributed by atoms with E-state index in [-0.39, 0.29) is 10.5 Å². The van der Waals surface area contributed by atoms with Gasteiger partial charge in [-0.2, -0.15) is 9.98 Å². The lowest BCUT2D eigenvalue weighted by molar-refractivity contribution is -0.139. The Balaban J connectivity index is 3.21. The van der Waals surface area contributed by atoms with Gasteiger partial charge in [-0.1, -0.05) is 6.07 Å². The van der Waals surface area contributed by atoms with E-state index in [0.29, 0.717) is 5.56 Å². The van der Waals surface area contributed by atoms with Gasteiger partial charge in [0.2, 0.25) is 10.0 Å². The van der Waals surface area contributed by atoms with Crippen LogP contribution in [0.5, 0.6) is 0 Å². The van der Waals surface area contributed by atoms with Gasteiger partial charge >= 0.3 is 5.97 Å². The minimum atomic E-state index is -4.12. The Hall–Kier alpha value is -1.95. The lowest BCUT2D eigenvalue weighted by Gasteiger charge is -2.13. The minimum absolute atomic E-state index is 0.141. The van der Waals surface area contributed by atoms with Crippen molar-refractivity contribution in [1.82, 2.24) is 4.72 Å². The summed E-state index contributed by atoms with van der Waals surface area (Å²) in [5, 5.41) is 26.3. The Kier molecular flexibility index (Phi) is 4.61. The van der Waals surface area contributed by atoms with Crippen molar-refractivity contribution in [2.24, 2.45) is 0 Å². The molecule has 1 atom stereocenters. The number of aryl methyl sites for hydroxylation is 1. The van der Waals surface area contributed by atoms with Crippen molar-refractivity contribution in [3.63, 3.8) is 0 Å². The fourth-order valence-electron chi connectivity index (χ4n) is 1.38. The van der Waals surface area contributed by atoms with E-state index in [9.17, 15) is 13.2 Å². The number of carboxylic acid groups (broad SMARTS) is 1. The van der Waals surface area contributed by atoms with Gasteiger partial charge in [-0.05, 0) is 24.6 Å². The smallest absolute Gasteiger partial charge is 0.324 e. The lowest BCUT2D eigenvalue weighted by Crippen LogP contribution is -2.43. The normalized spacial score (nSPS) is 12.7. The van der Waals surface area contributed by atoms with Crippen molar-refractivity contribution in [3.8, 4) is 6.07 Å². The molecule has 102 valence electrons. The maximum absolute atomic E-state index is 12.0. The van der Waals surface area contributed by atoms with E-state index in [1.54, 1.807) is 6.07 Å². The predicted octanol–water partition coefficient (Wildman–Crippen LogP) is -0.410. The molecule has 1 rings (SSSR count). The van der Waals surface area contributed by atoms with Crippen molar-refractivity contribution >= 4 is 16.0 Å². The molecule has 0 heterocycles. The Morgan fingerprint density at radius 1 is 1.53 bits per heavy atom. The molecule has 1 unspecified atom stereocenters. The van der Waals surface area contributed by atoms with E-state index in [0.717, 1.165) is 6.07 Å². The summed E-state index contributed by atoms with van der Waals surface area (Å²) in [7, 11) is -4.12. The first kappa shape index (κ1) is 15.1. The van der Waals surface area contributed by atoms with Crippen LogP contribution < -0.4 is 4.72 Å². The number of benzene rings is 1. The Morgan fingerprint density at radius 3 is 2.63 bits per heavy atom. The molecule has 0 aromatic heterocycles. The van der Waals surface area contributed by atoms with Gasteiger partial charge in [0.25, 0.3) is 0 Å². The molecule has 0 amide bonds. The number of nitriles is 1. The minimum Gasteiger partial charge on any atom is -0.480 e. The van der Waals surface area contributed by atoms with Gasteiger partial charge < -0.3 is 10.2 Å². The molecule has 1 aromatic carbocycles. The maximum atomic E-state index is 12.0. The van der Waals surface area contributed by atoms with Gasteiger partial charge in [0.05, 0.1) is 23.1 Å². The molecular weight excluding hydrogens is 272 g/mol. The van der Waals surface area contributed by atoms with Crippen LogP contribution in [0.25, 0.3) is 0 Å². The topological polar surface area (TPSA) is 127 Å². The summed E-state index contributed by atoms with van der Waals surface area (Å²) in [5.41, 5.74) is 0.510. The van der Waals surface area contributed by atoms with Crippen LogP contribution >= 0.6 is 0 Å². The van der Waals surface area contributed by atoms with Crippen LogP contribution in [0.2, 0.25) is 0 Å². The highest BCUT2D eigenvalue weighted by molar-refractivity contribution is 7.89. The number of nitrogens with zero attached hydrogens (tertiary/aromatic N) is 1. The van der Waals surface area contributed by atoms with Crippen LogP contribution in [0, 0.1) is 18.3 Å². The van der Waals surface area contributed by atoms with Gasteiger partial charge in [0.1, 0.15) is 6.04 Å². The van der Waals surface area contributed by atoms with E-state index < -0.39 is 28.6 Å². The molecule has 0 spiro atoms. The summed E-state index contributed by atoms with van der Waals surface area (Å²) in [6.45, 7) is 0.649. The molecule has 0 aliphatic carbocycles. The SMILES string of the molecule is Cc1ccc(C#N)cc1S(=O)(=O)NC(CO)C(=O)O. The van der Waals surface area contributed by atoms with Gasteiger partial charge in [-0.3, -0.25) is 4.79 Å². The second kappa shape index (κ2) is 5.79. The third-order valence-electron chi connectivity index (χ3n) is 2.38. The second-order valence-electron chi connectivity index (χ2n) is 3.79. The molecule has 1 aromatic rings. The molecule has 0 aliphatic heterocycles. The number of nitrogens with one attached hydrogen (secondary N) is 1. The van der Waals surface area contributed by atoms with Crippen LogP contribution in [-0.4, -0.2) is 37.2 Å². The summed E-state index contributed by atoms with van der Waals surface area (Å²) in [5.74, 6) is -1.49. The number of carboxylic acids is 1. The van der Waals surface area contributed by atoms with E-state index >= 15 is 0 Å². The third-order valence-corrected chi connectivity index (χ3v) is 4.00. The number of sulfonamides is 1. The summed E-state index contributed by atoms with van der Waals surface area (Å²) in [4.78, 5) is 10.5. The van der Waals surface area contributed by atoms with Crippen LogP contribution in [0.1, 0.15) is 11.1 Å². The van der Waals surface area contributed by atoms with E-state index in [1.165, 1.54) is 19.1 Å². The highest BCUT2D eigenvalue weighted by atomic mass is 32.2. The van der Waals surface area contributed by atoms with Crippen molar-refractivity contribution in [2.45, 2.75) is 17.9 Å². The van der Waals surface area contributed by atoms with E-state index in [4.69, 9.17) is 15.5 Å². The Labute approximate surface area is 110 Å².